The number of allylic oxidation sites excluding steroid dienone is 12. The Labute approximate surface area is 465 Å². The molecule has 0 aromatic carbocycles. The second-order valence-corrected chi connectivity index (χ2v) is 21.9. The van der Waals surface area contributed by atoms with Gasteiger partial charge in [-0.05, 0) is 109 Å². The summed E-state index contributed by atoms with van der Waals surface area (Å²) in [4.78, 5) is 48.6. The Morgan fingerprint density at radius 2 is 0.684 bits per heavy atom. The second kappa shape index (κ2) is 58.1. The average molecular weight is 1090 g/mol. The van der Waals surface area contributed by atoms with Crippen molar-refractivity contribution in [3.05, 3.63) is 72.9 Å². The Morgan fingerprint density at radius 1 is 0.382 bits per heavy atom. The summed E-state index contributed by atoms with van der Waals surface area (Å²) in [7, 11) is -4.76. The molecule has 11 nitrogen and oxygen atoms in total. The molecule has 3 unspecified atom stereocenters. The summed E-state index contributed by atoms with van der Waals surface area (Å²) in [6.45, 7) is 4.49. The van der Waals surface area contributed by atoms with Crippen molar-refractivity contribution >= 4 is 25.7 Å². The van der Waals surface area contributed by atoms with Crippen LogP contribution in [0.5, 0.6) is 0 Å². The Kier molecular flexibility index (Phi) is 55.7. The number of aliphatic hydroxyl groups is 1. The summed E-state index contributed by atoms with van der Waals surface area (Å²) in [5, 5.41) is 9.82. The lowest BCUT2D eigenvalue weighted by Crippen LogP contribution is -2.30. The van der Waals surface area contributed by atoms with Crippen molar-refractivity contribution in [3.63, 3.8) is 0 Å². The largest absolute Gasteiger partial charge is 0.472 e. The number of ether oxygens (including phenoxy) is 3. The van der Waals surface area contributed by atoms with Gasteiger partial charge >= 0.3 is 25.7 Å². The van der Waals surface area contributed by atoms with E-state index < -0.39 is 57.8 Å². The van der Waals surface area contributed by atoms with Crippen LogP contribution in [0.2, 0.25) is 0 Å². The molecular formula is C64H113O11P. The highest BCUT2D eigenvalue weighted by atomic mass is 31.2. The SMILES string of the molecule is CC/C=C\C/C=C\C/C=C\CCCCCC(=O)OC(CO)COP(=O)(O)OCC(COC(=O)CCCCCCCCC/C=C\CCCCCCCC)OC(=O)CCCCCCCCCCC/C=C\C/C=C\CCCCC. The maximum absolute atomic E-state index is 12.9. The molecule has 0 aromatic heterocycles. The molecule has 0 aliphatic carbocycles. The Morgan fingerprint density at radius 3 is 1.11 bits per heavy atom. The summed E-state index contributed by atoms with van der Waals surface area (Å²) in [5.74, 6) is -1.50. The standard InChI is InChI=1S/C64H113O11P/c1-4-7-10-13-16-19-22-25-27-29-30-32-34-37-40-43-46-49-52-55-64(68)75-61(57-71-62(66)53-50-47-44-41-38-36-33-31-28-26-23-20-17-14-11-8-5-2)59-73-76(69,70)72-58-60(56-65)74-63(67)54-51-48-45-42-39-35-24-21-18-15-12-9-6-3/h9,12,16,18-19,21,25-28,35,39,60-61,65H,4-8,10-11,13-15,17,20,22-24,29-34,36-38,40-59H2,1-3H3,(H,69,70)/b12-9-,19-16-,21-18-,27-25-,28-26-,39-35-. The van der Waals surface area contributed by atoms with Crippen LogP contribution in [0.15, 0.2) is 72.9 Å². The number of esters is 3. The van der Waals surface area contributed by atoms with Crippen molar-refractivity contribution in [1.82, 2.24) is 0 Å². The van der Waals surface area contributed by atoms with E-state index in [1.54, 1.807) is 0 Å². The number of phosphoric ester groups is 1. The van der Waals surface area contributed by atoms with Gasteiger partial charge in [0.25, 0.3) is 0 Å². The number of aliphatic hydroxyl groups excluding tert-OH is 1. The second-order valence-electron chi connectivity index (χ2n) is 20.5. The quantitative estimate of drug-likeness (QED) is 0.0197. The third kappa shape index (κ3) is 55.7. The van der Waals surface area contributed by atoms with Crippen LogP contribution in [-0.4, -0.2) is 66.5 Å². The van der Waals surface area contributed by atoms with Gasteiger partial charge in [0.2, 0.25) is 0 Å². The van der Waals surface area contributed by atoms with E-state index >= 15 is 0 Å². The van der Waals surface area contributed by atoms with Crippen molar-refractivity contribution in [3.8, 4) is 0 Å². The Hall–Kier alpha value is -3.08. The molecule has 0 aliphatic rings. The first-order valence-corrected chi connectivity index (χ1v) is 32.3. The number of carbonyl (C=O) groups excluding carboxylic acids is 3. The van der Waals surface area contributed by atoms with Crippen molar-refractivity contribution in [2.24, 2.45) is 0 Å². The lowest BCUT2D eigenvalue weighted by molar-refractivity contribution is -0.161. The van der Waals surface area contributed by atoms with Crippen LogP contribution >= 0.6 is 7.82 Å². The highest BCUT2D eigenvalue weighted by Gasteiger charge is 2.28. The highest BCUT2D eigenvalue weighted by Crippen LogP contribution is 2.43. The lowest BCUT2D eigenvalue weighted by Gasteiger charge is -2.21. The van der Waals surface area contributed by atoms with Gasteiger partial charge in [-0.1, -0.05) is 222 Å². The maximum Gasteiger partial charge on any atom is 0.472 e. The molecule has 0 heterocycles. The number of carbonyl (C=O) groups is 3. The smallest absolute Gasteiger partial charge is 0.462 e. The number of unbranched alkanes of at least 4 members (excludes halogenated alkanes) is 28. The predicted molar refractivity (Wildman–Crippen MR) is 316 cm³/mol. The lowest BCUT2D eigenvalue weighted by atomic mass is 10.1. The van der Waals surface area contributed by atoms with E-state index in [1.807, 2.05) is 0 Å². The topological polar surface area (TPSA) is 155 Å². The van der Waals surface area contributed by atoms with Gasteiger partial charge < -0.3 is 24.2 Å². The predicted octanol–water partition coefficient (Wildman–Crippen LogP) is 18.5. The fourth-order valence-corrected chi connectivity index (χ4v) is 9.18. The van der Waals surface area contributed by atoms with Crippen molar-refractivity contribution in [2.75, 3.05) is 26.4 Å². The Balaban J connectivity index is 4.74. The van der Waals surface area contributed by atoms with Gasteiger partial charge in [0.1, 0.15) is 12.7 Å². The summed E-state index contributed by atoms with van der Waals surface area (Å²) in [5.41, 5.74) is 0. The molecule has 0 saturated carbocycles. The number of hydrogen-bond acceptors (Lipinski definition) is 10. The molecule has 2 N–H and O–H groups in total. The normalized spacial score (nSPS) is 13.8. The molecule has 0 saturated heterocycles. The van der Waals surface area contributed by atoms with Crippen LogP contribution in [0, 0.1) is 0 Å². The maximum atomic E-state index is 12.9. The average Bonchev–Trinajstić information content (AvgIpc) is 3.41. The first-order valence-electron chi connectivity index (χ1n) is 30.8. The fourth-order valence-electron chi connectivity index (χ4n) is 8.40. The third-order valence-electron chi connectivity index (χ3n) is 13.1. The van der Waals surface area contributed by atoms with Crippen molar-refractivity contribution < 1.29 is 52.2 Å². The van der Waals surface area contributed by atoms with Gasteiger partial charge in [-0.25, -0.2) is 4.57 Å². The first-order chi connectivity index (χ1) is 37.2. The molecule has 0 spiro atoms. The fraction of sp³-hybridized carbons (Fsp3) is 0.766. The zero-order valence-electron chi connectivity index (χ0n) is 48.7. The molecule has 76 heavy (non-hydrogen) atoms. The minimum absolute atomic E-state index is 0.140. The van der Waals surface area contributed by atoms with Crippen LogP contribution in [0.1, 0.15) is 278 Å². The van der Waals surface area contributed by atoms with Crippen LogP contribution in [0.3, 0.4) is 0 Å². The highest BCUT2D eigenvalue weighted by molar-refractivity contribution is 7.47. The summed E-state index contributed by atoms with van der Waals surface area (Å²) < 4.78 is 39.6. The Bertz CT molecular complexity index is 1550. The molecule has 3 atom stereocenters. The van der Waals surface area contributed by atoms with Gasteiger partial charge in [0, 0.05) is 19.3 Å². The number of hydrogen-bond donors (Lipinski definition) is 2. The van der Waals surface area contributed by atoms with E-state index in [9.17, 15) is 28.9 Å². The first kappa shape index (κ1) is 72.9. The summed E-state index contributed by atoms with van der Waals surface area (Å²) in [6.07, 6.45) is 65.7. The monoisotopic (exact) mass is 1090 g/mol. The molecular weight excluding hydrogens is 976 g/mol. The molecule has 0 aromatic rings. The zero-order valence-corrected chi connectivity index (χ0v) is 49.6. The zero-order chi connectivity index (χ0) is 55.5. The summed E-state index contributed by atoms with van der Waals surface area (Å²) >= 11 is 0. The van der Waals surface area contributed by atoms with Crippen LogP contribution in [-0.2, 0) is 42.2 Å². The number of rotatable bonds is 57. The molecule has 0 rings (SSSR count). The van der Waals surface area contributed by atoms with E-state index in [0.29, 0.717) is 19.3 Å². The molecule has 12 heteroatoms. The minimum atomic E-state index is -4.76. The van der Waals surface area contributed by atoms with Crippen LogP contribution in [0.25, 0.3) is 0 Å². The van der Waals surface area contributed by atoms with Gasteiger partial charge in [0.05, 0.1) is 19.8 Å². The van der Waals surface area contributed by atoms with Crippen molar-refractivity contribution in [1.29, 1.82) is 0 Å². The molecule has 0 amide bonds. The van der Waals surface area contributed by atoms with Crippen molar-refractivity contribution in [2.45, 2.75) is 290 Å². The van der Waals surface area contributed by atoms with E-state index in [2.05, 4.69) is 93.7 Å². The molecule has 0 bridgehead atoms. The minimum Gasteiger partial charge on any atom is -0.462 e. The third-order valence-corrected chi connectivity index (χ3v) is 14.0. The van der Waals surface area contributed by atoms with Gasteiger partial charge in [-0.15, -0.1) is 0 Å². The van der Waals surface area contributed by atoms with E-state index in [1.165, 1.54) is 122 Å². The van der Waals surface area contributed by atoms with E-state index in [-0.39, 0.29) is 25.9 Å². The van der Waals surface area contributed by atoms with E-state index in [0.717, 1.165) is 96.3 Å². The molecule has 0 fully saturated rings. The van der Waals surface area contributed by atoms with Gasteiger partial charge in [0.15, 0.2) is 6.10 Å². The molecule has 440 valence electrons. The molecule has 0 radical (unpaired) electrons. The van der Waals surface area contributed by atoms with Crippen LogP contribution < -0.4 is 0 Å². The van der Waals surface area contributed by atoms with Gasteiger partial charge in [-0.3, -0.25) is 23.4 Å². The van der Waals surface area contributed by atoms with Gasteiger partial charge in [-0.2, -0.15) is 0 Å². The number of phosphoric acid groups is 1. The summed E-state index contributed by atoms with van der Waals surface area (Å²) in [6, 6.07) is 0. The van der Waals surface area contributed by atoms with E-state index in [4.69, 9.17) is 23.3 Å². The molecule has 0 aliphatic heterocycles. The van der Waals surface area contributed by atoms with Crippen LogP contribution in [0.4, 0.5) is 0 Å².